The zero-order valence-electron chi connectivity index (χ0n) is 11.9. The van der Waals surface area contributed by atoms with Crippen LogP contribution in [0.25, 0.3) is 0 Å². The number of hydrogen-bond acceptors (Lipinski definition) is 4. The average molecular weight is 265 g/mol. The largest absolute Gasteiger partial charge is 0.486 e. The molecule has 2 unspecified atom stereocenters. The number of benzene rings is 1. The highest BCUT2D eigenvalue weighted by Crippen LogP contribution is 2.33. The zero-order chi connectivity index (χ0) is 13.7. The van der Waals surface area contributed by atoms with Crippen LogP contribution in [0.1, 0.15) is 24.9 Å². The van der Waals surface area contributed by atoms with Crippen molar-refractivity contribution < 1.29 is 14.2 Å². The van der Waals surface area contributed by atoms with Gasteiger partial charge in [-0.25, -0.2) is 0 Å². The molecule has 4 nitrogen and oxygen atoms in total. The number of fused-ring (bicyclic) bond motifs is 1. The molecule has 0 saturated heterocycles. The van der Waals surface area contributed by atoms with Crippen LogP contribution in [0.4, 0.5) is 0 Å². The number of nitrogens with one attached hydrogen (secondary N) is 1. The van der Waals surface area contributed by atoms with E-state index in [0.717, 1.165) is 24.5 Å². The number of methoxy groups -OCH3 is 1. The van der Waals surface area contributed by atoms with Crippen molar-refractivity contribution in [2.45, 2.75) is 19.4 Å². The Morgan fingerprint density at radius 3 is 2.68 bits per heavy atom. The molecule has 0 spiro atoms. The maximum atomic E-state index is 5.63. The lowest BCUT2D eigenvalue weighted by molar-refractivity contribution is 0.149. The summed E-state index contributed by atoms with van der Waals surface area (Å²) in [4.78, 5) is 0. The maximum absolute atomic E-state index is 5.63. The van der Waals surface area contributed by atoms with Crippen molar-refractivity contribution in [1.82, 2.24) is 5.32 Å². The second-order valence-electron chi connectivity index (χ2n) is 5.04. The Hall–Kier alpha value is -1.26. The van der Waals surface area contributed by atoms with Crippen molar-refractivity contribution in [3.8, 4) is 11.5 Å². The minimum absolute atomic E-state index is 0.306. The fourth-order valence-corrected chi connectivity index (χ4v) is 2.45. The van der Waals surface area contributed by atoms with Crippen LogP contribution in [0.2, 0.25) is 0 Å². The summed E-state index contributed by atoms with van der Waals surface area (Å²) >= 11 is 0. The van der Waals surface area contributed by atoms with Crippen molar-refractivity contribution in [2.24, 2.45) is 5.92 Å². The standard InChI is InChI=1S/C15H23NO3/c1-11(10-17-3)8-13(16-2)12-4-5-14-15(9-12)19-7-6-18-14/h4-5,9,11,13,16H,6-8,10H2,1-3H3. The molecule has 1 aromatic rings. The first-order chi connectivity index (χ1) is 9.24. The molecule has 0 radical (unpaired) electrons. The predicted octanol–water partition coefficient (Wildman–Crippen LogP) is 2.39. The summed E-state index contributed by atoms with van der Waals surface area (Å²) in [6.45, 7) is 4.24. The minimum atomic E-state index is 0.306. The lowest BCUT2D eigenvalue weighted by Gasteiger charge is -2.23. The molecule has 19 heavy (non-hydrogen) atoms. The molecule has 1 heterocycles. The maximum Gasteiger partial charge on any atom is 0.161 e. The monoisotopic (exact) mass is 265 g/mol. The van der Waals surface area contributed by atoms with Crippen molar-refractivity contribution in [3.05, 3.63) is 23.8 Å². The average Bonchev–Trinajstić information content (AvgIpc) is 2.44. The lowest BCUT2D eigenvalue weighted by Crippen LogP contribution is -2.21. The van der Waals surface area contributed by atoms with Crippen LogP contribution >= 0.6 is 0 Å². The van der Waals surface area contributed by atoms with Gasteiger partial charge in [-0.2, -0.15) is 0 Å². The van der Waals surface area contributed by atoms with Gasteiger partial charge in [0.1, 0.15) is 13.2 Å². The molecule has 1 N–H and O–H groups in total. The Kier molecular flexibility index (Phi) is 5.05. The molecule has 0 aliphatic carbocycles. The Morgan fingerprint density at radius 1 is 1.26 bits per heavy atom. The predicted molar refractivity (Wildman–Crippen MR) is 74.9 cm³/mol. The molecule has 0 aromatic heterocycles. The highest BCUT2D eigenvalue weighted by Gasteiger charge is 2.17. The van der Waals surface area contributed by atoms with E-state index in [2.05, 4.69) is 24.4 Å². The number of ether oxygens (including phenoxy) is 3. The van der Waals surface area contributed by atoms with E-state index in [9.17, 15) is 0 Å². The Balaban J connectivity index is 2.09. The van der Waals surface area contributed by atoms with E-state index in [1.165, 1.54) is 5.56 Å². The summed E-state index contributed by atoms with van der Waals surface area (Å²) < 4.78 is 16.4. The van der Waals surface area contributed by atoms with Gasteiger partial charge in [0, 0.05) is 19.8 Å². The first-order valence-corrected chi connectivity index (χ1v) is 6.80. The fourth-order valence-electron chi connectivity index (χ4n) is 2.45. The number of hydrogen-bond donors (Lipinski definition) is 1. The van der Waals surface area contributed by atoms with Crippen LogP contribution in [-0.4, -0.2) is 34.0 Å². The van der Waals surface area contributed by atoms with E-state index in [1.807, 2.05) is 13.1 Å². The van der Waals surface area contributed by atoms with Gasteiger partial charge >= 0.3 is 0 Å². The zero-order valence-corrected chi connectivity index (χ0v) is 11.9. The molecule has 0 bridgehead atoms. The molecular weight excluding hydrogens is 242 g/mol. The first kappa shape index (κ1) is 14.2. The second-order valence-corrected chi connectivity index (χ2v) is 5.04. The van der Waals surface area contributed by atoms with Crippen LogP contribution in [-0.2, 0) is 4.74 Å². The van der Waals surface area contributed by atoms with E-state index < -0.39 is 0 Å². The minimum Gasteiger partial charge on any atom is -0.486 e. The van der Waals surface area contributed by atoms with Gasteiger partial charge in [0.15, 0.2) is 11.5 Å². The van der Waals surface area contributed by atoms with Crippen molar-refractivity contribution >= 4 is 0 Å². The lowest BCUT2D eigenvalue weighted by atomic mass is 9.96. The molecule has 2 rings (SSSR count). The Bertz CT molecular complexity index is 408. The highest BCUT2D eigenvalue weighted by molar-refractivity contribution is 5.44. The van der Waals surface area contributed by atoms with Crippen LogP contribution < -0.4 is 14.8 Å². The smallest absolute Gasteiger partial charge is 0.161 e. The Labute approximate surface area is 115 Å². The topological polar surface area (TPSA) is 39.7 Å². The van der Waals surface area contributed by atoms with Crippen LogP contribution in [0.5, 0.6) is 11.5 Å². The summed E-state index contributed by atoms with van der Waals surface area (Å²) in [6, 6.07) is 6.49. The SMILES string of the molecule is CNC(CC(C)COC)c1ccc2c(c1)OCCO2. The summed E-state index contributed by atoms with van der Waals surface area (Å²) in [5, 5.41) is 3.36. The highest BCUT2D eigenvalue weighted by atomic mass is 16.6. The third kappa shape index (κ3) is 3.61. The van der Waals surface area contributed by atoms with Gasteiger partial charge in [0.25, 0.3) is 0 Å². The van der Waals surface area contributed by atoms with E-state index in [-0.39, 0.29) is 0 Å². The van der Waals surface area contributed by atoms with Gasteiger partial charge in [0.05, 0.1) is 0 Å². The van der Waals surface area contributed by atoms with Crippen LogP contribution in [0.15, 0.2) is 18.2 Å². The summed E-state index contributed by atoms with van der Waals surface area (Å²) in [7, 11) is 3.73. The normalized spacial score (nSPS) is 17.0. The molecular formula is C15H23NO3. The van der Waals surface area contributed by atoms with E-state index in [1.54, 1.807) is 7.11 Å². The second kappa shape index (κ2) is 6.78. The van der Waals surface area contributed by atoms with Gasteiger partial charge < -0.3 is 19.5 Å². The van der Waals surface area contributed by atoms with E-state index >= 15 is 0 Å². The van der Waals surface area contributed by atoms with Gasteiger partial charge in [-0.05, 0) is 37.1 Å². The fraction of sp³-hybridized carbons (Fsp3) is 0.600. The van der Waals surface area contributed by atoms with Gasteiger partial charge in [-0.15, -0.1) is 0 Å². The third-order valence-corrected chi connectivity index (χ3v) is 3.41. The Morgan fingerprint density at radius 2 is 2.00 bits per heavy atom. The first-order valence-electron chi connectivity index (χ1n) is 6.80. The molecule has 0 amide bonds. The van der Waals surface area contributed by atoms with Gasteiger partial charge in [-0.1, -0.05) is 13.0 Å². The van der Waals surface area contributed by atoms with Gasteiger partial charge in [0.2, 0.25) is 0 Å². The molecule has 0 saturated carbocycles. The summed E-state index contributed by atoms with van der Waals surface area (Å²) in [6.07, 6.45) is 1.03. The van der Waals surface area contributed by atoms with Crippen LogP contribution in [0.3, 0.4) is 0 Å². The number of rotatable bonds is 6. The third-order valence-electron chi connectivity index (χ3n) is 3.41. The van der Waals surface area contributed by atoms with Crippen molar-refractivity contribution in [2.75, 3.05) is 34.0 Å². The molecule has 4 heteroatoms. The van der Waals surface area contributed by atoms with E-state index in [0.29, 0.717) is 25.2 Å². The molecule has 1 aliphatic heterocycles. The van der Waals surface area contributed by atoms with Crippen LogP contribution in [0, 0.1) is 5.92 Å². The summed E-state index contributed by atoms with van der Waals surface area (Å²) in [5.41, 5.74) is 1.23. The van der Waals surface area contributed by atoms with E-state index in [4.69, 9.17) is 14.2 Å². The van der Waals surface area contributed by atoms with Gasteiger partial charge in [-0.3, -0.25) is 0 Å². The molecule has 1 aromatic carbocycles. The quantitative estimate of drug-likeness (QED) is 0.857. The van der Waals surface area contributed by atoms with Crippen molar-refractivity contribution in [1.29, 1.82) is 0 Å². The summed E-state index contributed by atoms with van der Waals surface area (Å²) in [5.74, 6) is 2.20. The molecule has 0 fully saturated rings. The molecule has 106 valence electrons. The van der Waals surface area contributed by atoms with Crippen molar-refractivity contribution in [3.63, 3.8) is 0 Å². The molecule has 2 atom stereocenters. The molecule has 1 aliphatic rings.